The number of nitrogens with zero attached hydrogens (tertiary/aromatic N) is 3. The number of rotatable bonds is 9. The van der Waals surface area contributed by atoms with E-state index in [4.69, 9.17) is 9.26 Å². The van der Waals surface area contributed by atoms with Crippen LogP contribution in [0.5, 0.6) is 5.75 Å². The lowest BCUT2D eigenvalue weighted by molar-refractivity contribution is -0.137. The zero-order chi connectivity index (χ0) is 27.7. The first kappa shape index (κ1) is 26.4. The normalized spacial score (nSPS) is 16.1. The first-order chi connectivity index (χ1) is 18.6. The first-order valence-electron chi connectivity index (χ1n) is 12.4. The molecule has 1 saturated heterocycles. The fraction of sp³-hybridized carbons (Fsp3) is 0.296. The molecule has 1 fully saturated rings. The van der Waals surface area contributed by atoms with Crippen LogP contribution in [-0.4, -0.2) is 58.6 Å². The number of benzene rings is 2. The molecular weight excluding hydrogens is 524 g/mol. The van der Waals surface area contributed by atoms with E-state index in [1.165, 1.54) is 16.8 Å². The van der Waals surface area contributed by atoms with Gasteiger partial charge in [0.1, 0.15) is 18.6 Å². The Hall–Kier alpha value is -4.16. The number of carboxylic acids is 1. The minimum Gasteiger partial charge on any atom is -0.491 e. The Morgan fingerprint density at radius 2 is 1.97 bits per heavy atom. The summed E-state index contributed by atoms with van der Waals surface area (Å²) in [5.41, 5.74) is 2.22. The highest BCUT2D eigenvalue weighted by Gasteiger charge is 2.34. The molecular formula is C27H28N4O7S. The van der Waals surface area contributed by atoms with Gasteiger partial charge < -0.3 is 24.3 Å². The van der Waals surface area contributed by atoms with Gasteiger partial charge in [0.25, 0.3) is 5.91 Å². The summed E-state index contributed by atoms with van der Waals surface area (Å²) in [6.07, 6.45) is 4.87. The summed E-state index contributed by atoms with van der Waals surface area (Å²) >= 11 is 0. The van der Waals surface area contributed by atoms with Gasteiger partial charge in [0.05, 0.1) is 28.3 Å². The van der Waals surface area contributed by atoms with Gasteiger partial charge in [-0.15, -0.1) is 0 Å². The van der Waals surface area contributed by atoms with E-state index in [0.717, 1.165) is 10.9 Å². The molecule has 0 saturated carbocycles. The maximum absolute atomic E-state index is 13.4. The van der Waals surface area contributed by atoms with Crippen molar-refractivity contribution in [1.82, 2.24) is 14.0 Å². The summed E-state index contributed by atoms with van der Waals surface area (Å²) < 4.78 is 40.1. The number of hydrogen-bond donors (Lipinski definition) is 2. The molecule has 2 aromatic heterocycles. The first-order valence-corrected chi connectivity index (χ1v) is 13.9. The third-order valence-electron chi connectivity index (χ3n) is 6.60. The molecule has 3 heterocycles. The molecule has 39 heavy (non-hydrogen) atoms. The second-order valence-corrected chi connectivity index (χ2v) is 11.6. The maximum Gasteiger partial charge on any atom is 0.323 e. The lowest BCUT2D eigenvalue weighted by Crippen LogP contribution is -2.28. The molecule has 1 atom stereocenters. The highest BCUT2D eigenvalue weighted by Crippen LogP contribution is 2.37. The topological polar surface area (TPSA) is 144 Å². The highest BCUT2D eigenvalue weighted by atomic mass is 32.2. The number of carbonyl (C=O) groups is 2. The summed E-state index contributed by atoms with van der Waals surface area (Å²) in [5, 5.41) is 16.6. The number of sulfonamides is 1. The molecule has 1 unspecified atom stereocenters. The van der Waals surface area contributed by atoms with E-state index >= 15 is 0 Å². The van der Waals surface area contributed by atoms with Crippen LogP contribution in [0.1, 0.15) is 42.1 Å². The third-order valence-corrected chi connectivity index (χ3v) is 8.47. The predicted octanol–water partition coefficient (Wildman–Crippen LogP) is 3.93. The molecule has 0 radical (unpaired) electrons. The number of anilines is 1. The monoisotopic (exact) mass is 552 g/mol. The molecule has 5 rings (SSSR count). The number of nitrogens with one attached hydrogen (secondary N) is 1. The Balaban J connectivity index is 1.39. The SMILES string of the molecule is CC(C)Oc1ccc(S(=O)(=O)N2CCC(c3cn(CC(=O)O)c4cc(NC(=O)c5cnoc5)ccc34)C2)cc1. The van der Waals surface area contributed by atoms with E-state index < -0.39 is 21.9 Å². The fourth-order valence-electron chi connectivity index (χ4n) is 4.83. The van der Waals surface area contributed by atoms with Crippen molar-refractivity contribution in [2.45, 2.75) is 43.7 Å². The predicted molar refractivity (Wildman–Crippen MR) is 142 cm³/mol. The number of carboxylic acid groups (broad SMARTS) is 1. The van der Waals surface area contributed by atoms with E-state index in [1.807, 2.05) is 19.9 Å². The largest absolute Gasteiger partial charge is 0.491 e. The molecule has 0 spiro atoms. The minimum absolute atomic E-state index is 0.0175. The van der Waals surface area contributed by atoms with Gasteiger partial charge >= 0.3 is 5.97 Å². The van der Waals surface area contributed by atoms with E-state index in [9.17, 15) is 23.1 Å². The zero-order valence-corrected chi connectivity index (χ0v) is 22.2. The number of fused-ring (bicyclic) bond motifs is 1. The standard InChI is InChI=1S/C27H28N4O7S/c1-17(2)38-21-4-6-22(7-5-21)39(35,36)31-10-9-18(13-31)24-14-30(15-26(32)33)25-11-20(3-8-23(24)25)29-27(34)19-12-28-37-16-19/h3-8,11-12,14,16-18H,9-10,13,15H2,1-2H3,(H,29,34)(H,32,33). The Morgan fingerprint density at radius 1 is 1.21 bits per heavy atom. The molecule has 2 N–H and O–H groups in total. The summed E-state index contributed by atoms with van der Waals surface area (Å²) in [5.74, 6) is -0.949. The van der Waals surface area contributed by atoms with Crippen molar-refractivity contribution >= 4 is 38.5 Å². The lowest BCUT2D eigenvalue weighted by atomic mass is 9.98. The van der Waals surface area contributed by atoms with Crippen molar-refractivity contribution in [3.63, 3.8) is 0 Å². The van der Waals surface area contributed by atoms with Crippen LogP contribution in [0.15, 0.2) is 70.5 Å². The van der Waals surface area contributed by atoms with E-state index in [1.54, 1.807) is 47.2 Å². The summed E-state index contributed by atoms with van der Waals surface area (Å²) in [6, 6.07) is 11.7. The van der Waals surface area contributed by atoms with Crippen molar-refractivity contribution in [1.29, 1.82) is 0 Å². The Kier molecular flexibility index (Phi) is 7.15. The van der Waals surface area contributed by atoms with E-state index in [2.05, 4.69) is 10.5 Å². The minimum atomic E-state index is -3.72. The smallest absolute Gasteiger partial charge is 0.323 e. The average molecular weight is 553 g/mol. The van der Waals surface area contributed by atoms with Crippen LogP contribution in [0.3, 0.4) is 0 Å². The quantitative estimate of drug-likeness (QED) is 0.318. The average Bonchev–Trinajstić information content (AvgIpc) is 3.65. The molecule has 1 amide bonds. The van der Waals surface area contributed by atoms with Crippen LogP contribution in [0, 0.1) is 0 Å². The van der Waals surface area contributed by atoms with Crippen molar-refractivity contribution in [3.05, 3.63) is 72.2 Å². The maximum atomic E-state index is 13.4. The molecule has 204 valence electrons. The Morgan fingerprint density at radius 3 is 2.64 bits per heavy atom. The number of amides is 1. The van der Waals surface area contributed by atoms with Gasteiger partial charge in [0, 0.05) is 36.3 Å². The van der Waals surface area contributed by atoms with Crippen LogP contribution in [0.25, 0.3) is 10.9 Å². The van der Waals surface area contributed by atoms with Crippen LogP contribution in [-0.2, 0) is 21.4 Å². The number of ether oxygens (including phenoxy) is 1. The molecule has 4 aromatic rings. The number of aromatic nitrogens is 2. The Labute approximate surface area is 225 Å². The van der Waals surface area contributed by atoms with Crippen molar-refractivity contribution in [2.24, 2.45) is 0 Å². The van der Waals surface area contributed by atoms with Gasteiger partial charge in [-0.25, -0.2) is 8.42 Å². The molecule has 1 aliphatic rings. The molecule has 0 aliphatic carbocycles. The number of carbonyl (C=O) groups excluding carboxylic acids is 1. The van der Waals surface area contributed by atoms with E-state index in [0.29, 0.717) is 29.9 Å². The number of aliphatic carboxylic acids is 1. The molecule has 0 bridgehead atoms. The molecule has 2 aromatic carbocycles. The molecule has 11 nitrogen and oxygen atoms in total. The van der Waals surface area contributed by atoms with Crippen LogP contribution in [0.2, 0.25) is 0 Å². The molecule has 12 heteroatoms. The van der Waals surface area contributed by atoms with Crippen molar-refractivity contribution in [3.8, 4) is 5.75 Å². The van der Waals surface area contributed by atoms with Gasteiger partial charge in [0.2, 0.25) is 10.0 Å². The van der Waals surface area contributed by atoms with Gasteiger partial charge in [-0.1, -0.05) is 11.2 Å². The third kappa shape index (κ3) is 5.52. The van der Waals surface area contributed by atoms with Crippen LogP contribution in [0.4, 0.5) is 5.69 Å². The van der Waals surface area contributed by atoms with Gasteiger partial charge in [0.15, 0.2) is 0 Å². The van der Waals surface area contributed by atoms with Gasteiger partial charge in [-0.3, -0.25) is 9.59 Å². The molecule has 1 aliphatic heterocycles. The lowest BCUT2D eigenvalue weighted by Gasteiger charge is -2.17. The summed E-state index contributed by atoms with van der Waals surface area (Å²) in [4.78, 5) is 24.2. The highest BCUT2D eigenvalue weighted by molar-refractivity contribution is 7.89. The van der Waals surface area contributed by atoms with Crippen molar-refractivity contribution in [2.75, 3.05) is 18.4 Å². The van der Waals surface area contributed by atoms with Gasteiger partial charge in [-0.2, -0.15) is 4.31 Å². The van der Waals surface area contributed by atoms with Crippen molar-refractivity contribution < 1.29 is 32.4 Å². The Bertz CT molecular complexity index is 1610. The summed E-state index contributed by atoms with van der Waals surface area (Å²) in [7, 11) is -3.72. The second kappa shape index (κ2) is 10.5. The summed E-state index contributed by atoms with van der Waals surface area (Å²) in [6.45, 7) is 4.14. The van der Waals surface area contributed by atoms with Gasteiger partial charge in [-0.05, 0) is 62.2 Å². The second-order valence-electron chi connectivity index (χ2n) is 9.69. The zero-order valence-electron chi connectivity index (χ0n) is 21.4. The van der Waals surface area contributed by atoms with Crippen LogP contribution >= 0.6 is 0 Å². The number of hydrogen-bond acceptors (Lipinski definition) is 7. The fourth-order valence-corrected chi connectivity index (χ4v) is 6.33. The van der Waals surface area contributed by atoms with E-state index in [-0.39, 0.29) is 35.6 Å². The van der Waals surface area contributed by atoms with Crippen LogP contribution < -0.4 is 10.1 Å².